The van der Waals surface area contributed by atoms with E-state index in [1.807, 2.05) is 44.2 Å². The average Bonchev–Trinajstić information content (AvgIpc) is 3.17. The second-order valence-electron chi connectivity index (χ2n) is 8.73. The molecule has 4 rings (SSSR count). The van der Waals surface area contributed by atoms with E-state index in [1.54, 1.807) is 35.8 Å². The summed E-state index contributed by atoms with van der Waals surface area (Å²) >= 11 is 1.53. The van der Waals surface area contributed by atoms with Crippen molar-refractivity contribution in [2.75, 3.05) is 18.4 Å². The van der Waals surface area contributed by atoms with Crippen molar-refractivity contribution in [3.63, 3.8) is 0 Å². The zero-order valence-corrected chi connectivity index (χ0v) is 22.2. The van der Waals surface area contributed by atoms with E-state index in [4.69, 9.17) is 9.72 Å². The van der Waals surface area contributed by atoms with Crippen molar-refractivity contribution >= 4 is 33.1 Å². The molecule has 36 heavy (non-hydrogen) atoms. The number of carbonyl (C=O) groups is 1. The number of anilines is 1. The van der Waals surface area contributed by atoms with Crippen molar-refractivity contribution in [3.8, 4) is 11.5 Å². The second-order valence-corrected chi connectivity index (χ2v) is 9.94. The summed E-state index contributed by atoms with van der Waals surface area (Å²) in [6, 6.07) is 16.0. The molecule has 0 aliphatic carbocycles. The molecule has 1 unspecified atom stereocenters. The van der Waals surface area contributed by atoms with Gasteiger partial charge in [0.05, 0.1) is 11.9 Å². The zero-order chi connectivity index (χ0) is 25.8. The first kappa shape index (κ1) is 25.6. The average molecular weight is 505 g/mol. The Labute approximate surface area is 215 Å². The predicted molar refractivity (Wildman–Crippen MR) is 146 cm³/mol. The number of ether oxygens (including phenoxy) is 1. The van der Waals surface area contributed by atoms with Crippen molar-refractivity contribution in [1.29, 1.82) is 0 Å². The topological polar surface area (TPSA) is 76.5 Å². The fourth-order valence-electron chi connectivity index (χ4n) is 4.10. The smallest absolute Gasteiger partial charge is 0.263 e. The molecule has 2 aromatic heterocycles. The van der Waals surface area contributed by atoms with Gasteiger partial charge in [0.15, 0.2) is 0 Å². The molecular weight excluding hydrogens is 472 g/mol. The summed E-state index contributed by atoms with van der Waals surface area (Å²) in [5, 5.41) is 3.54. The van der Waals surface area contributed by atoms with E-state index < -0.39 is 6.04 Å². The third kappa shape index (κ3) is 5.34. The fraction of sp³-hybridized carbons (Fsp3) is 0.321. The Bertz CT molecular complexity index is 1410. The van der Waals surface area contributed by atoms with Gasteiger partial charge in [-0.3, -0.25) is 19.1 Å². The lowest BCUT2D eigenvalue weighted by Crippen LogP contribution is -2.37. The minimum absolute atomic E-state index is 0.168. The number of para-hydroxylation sites is 1. The van der Waals surface area contributed by atoms with Crippen LogP contribution in [0.4, 0.5) is 5.69 Å². The van der Waals surface area contributed by atoms with Gasteiger partial charge in [-0.05, 0) is 75.8 Å². The lowest BCUT2D eigenvalue weighted by Gasteiger charge is -2.23. The Hall–Kier alpha value is -3.49. The number of rotatable bonds is 9. The number of amides is 1. The molecule has 8 heteroatoms. The van der Waals surface area contributed by atoms with Crippen LogP contribution in [0.25, 0.3) is 10.2 Å². The van der Waals surface area contributed by atoms with Gasteiger partial charge >= 0.3 is 0 Å². The highest BCUT2D eigenvalue weighted by molar-refractivity contribution is 7.18. The molecule has 0 saturated heterocycles. The Morgan fingerprint density at radius 2 is 1.69 bits per heavy atom. The molecule has 2 aromatic carbocycles. The SMILES string of the molecule is CCN(CC)Cc1nc2sc(C)c(C)c2c(=O)n1C(C)C(=O)Nc1ccc(Oc2ccccc2)cc1. The van der Waals surface area contributed by atoms with Crippen LogP contribution < -0.4 is 15.6 Å². The summed E-state index contributed by atoms with van der Waals surface area (Å²) in [6.45, 7) is 12.0. The lowest BCUT2D eigenvalue weighted by atomic mass is 10.2. The third-order valence-corrected chi connectivity index (χ3v) is 7.54. The van der Waals surface area contributed by atoms with Crippen LogP contribution in [0.2, 0.25) is 0 Å². The maximum absolute atomic E-state index is 13.7. The number of nitrogens with zero attached hydrogens (tertiary/aromatic N) is 3. The first-order valence-corrected chi connectivity index (χ1v) is 13.0. The minimum Gasteiger partial charge on any atom is -0.457 e. The van der Waals surface area contributed by atoms with Crippen LogP contribution in [0.15, 0.2) is 59.4 Å². The molecule has 0 aliphatic heterocycles. The van der Waals surface area contributed by atoms with Crippen molar-refractivity contribution in [2.24, 2.45) is 0 Å². The minimum atomic E-state index is -0.736. The number of fused-ring (bicyclic) bond motifs is 1. The Kier molecular flexibility index (Phi) is 7.86. The van der Waals surface area contributed by atoms with Gasteiger partial charge in [-0.15, -0.1) is 11.3 Å². The number of hydrogen-bond donors (Lipinski definition) is 1. The van der Waals surface area contributed by atoms with Gasteiger partial charge in [0, 0.05) is 10.6 Å². The molecule has 0 saturated carbocycles. The van der Waals surface area contributed by atoms with Gasteiger partial charge < -0.3 is 10.1 Å². The van der Waals surface area contributed by atoms with Crippen LogP contribution in [0.3, 0.4) is 0 Å². The molecule has 2 heterocycles. The molecule has 4 aromatic rings. The molecule has 0 aliphatic rings. The predicted octanol–water partition coefficient (Wildman–Crippen LogP) is 5.91. The van der Waals surface area contributed by atoms with Crippen LogP contribution >= 0.6 is 11.3 Å². The van der Waals surface area contributed by atoms with Crippen molar-refractivity contribution < 1.29 is 9.53 Å². The standard InChI is InChI=1S/C28H32N4O3S/c1-6-31(7-2)17-24-30-27-25(18(3)20(5)36-27)28(34)32(24)19(4)26(33)29-21-13-15-23(16-14-21)35-22-11-9-8-10-12-22/h8-16,19H,6-7,17H2,1-5H3,(H,29,33). The maximum atomic E-state index is 13.7. The molecule has 0 fully saturated rings. The first-order valence-electron chi connectivity index (χ1n) is 12.2. The van der Waals surface area contributed by atoms with E-state index in [0.29, 0.717) is 29.2 Å². The zero-order valence-electron chi connectivity index (χ0n) is 21.4. The summed E-state index contributed by atoms with van der Waals surface area (Å²) in [5.74, 6) is 1.74. The van der Waals surface area contributed by atoms with Gasteiger partial charge in [-0.25, -0.2) is 4.98 Å². The maximum Gasteiger partial charge on any atom is 0.263 e. The largest absolute Gasteiger partial charge is 0.457 e. The Morgan fingerprint density at radius 1 is 1.06 bits per heavy atom. The van der Waals surface area contributed by atoms with Gasteiger partial charge in [0.25, 0.3) is 5.56 Å². The molecule has 1 N–H and O–H groups in total. The van der Waals surface area contributed by atoms with E-state index in [9.17, 15) is 9.59 Å². The quantitative estimate of drug-likeness (QED) is 0.307. The van der Waals surface area contributed by atoms with Gasteiger partial charge in [0.2, 0.25) is 5.91 Å². The van der Waals surface area contributed by atoms with E-state index >= 15 is 0 Å². The van der Waals surface area contributed by atoms with Gasteiger partial charge in [-0.2, -0.15) is 0 Å². The number of benzene rings is 2. The third-order valence-electron chi connectivity index (χ3n) is 6.44. The summed E-state index contributed by atoms with van der Waals surface area (Å²) < 4.78 is 7.39. The van der Waals surface area contributed by atoms with E-state index in [2.05, 4.69) is 24.1 Å². The summed E-state index contributed by atoms with van der Waals surface area (Å²) in [4.78, 5) is 35.8. The van der Waals surface area contributed by atoms with Crippen LogP contribution in [-0.4, -0.2) is 33.4 Å². The van der Waals surface area contributed by atoms with Crippen LogP contribution in [0.1, 0.15) is 43.1 Å². The molecule has 1 atom stereocenters. The number of carbonyl (C=O) groups excluding carboxylic acids is 1. The highest BCUT2D eigenvalue weighted by Gasteiger charge is 2.24. The van der Waals surface area contributed by atoms with Gasteiger partial charge in [0.1, 0.15) is 28.2 Å². The van der Waals surface area contributed by atoms with E-state index in [0.717, 1.165) is 34.1 Å². The molecule has 188 valence electrons. The van der Waals surface area contributed by atoms with E-state index in [1.165, 1.54) is 11.3 Å². The van der Waals surface area contributed by atoms with Gasteiger partial charge in [-0.1, -0.05) is 32.0 Å². The highest BCUT2D eigenvalue weighted by atomic mass is 32.1. The number of thiophene rings is 1. The molecule has 1 amide bonds. The number of nitrogens with one attached hydrogen (secondary N) is 1. The van der Waals surface area contributed by atoms with Crippen molar-refractivity contribution in [1.82, 2.24) is 14.5 Å². The fourth-order valence-corrected chi connectivity index (χ4v) is 5.14. The normalized spacial score (nSPS) is 12.2. The van der Waals surface area contributed by atoms with Crippen molar-refractivity contribution in [3.05, 3.63) is 81.2 Å². The second kappa shape index (κ2) is 11.1. The van der Waals surface area contributed by atoms with Crippen LogP contribution in [-0.2, 0) is 11.3 Å². The van der Waals surface area contributed by atoms with Crippen LogP contribution in [0, 0.1) is 13.8 Å². The Morgan fingerprint density at radius 3 is 2.33 bits per heavy atom. The molecule has 0 spiro atoms. The Balaban J connectivity index is 1.61. The molecule has 0 bridgehead atoms. The first-order chi connectivity index (χ1) is 17.3. The summed E-state index contributed by atoms with van der Waals surface area (Å²) in [7, 11) is 0. The lowest BCUT2D eigenvalue weighted by molar-refractivity contribution is -0.119. The van der Waals surface area contributed by atoms with Crippen LogP contribution in [0.5, 0.6) is 11.5 Å². The summed E-state index contributed by atoms with van der Waals surface area (Å²) in [6.07, 6.45) is 0. The summed E-state index contributed by atoms with van der Waals surface area (Å²) in [5.41, 5.74) is 1.39. The molecule has 7 nitrogen and oxygen atoms in total. The number of hydrogen-bond acceptors (Lipinski definition) is 6. The number of aryl methyl sites for hydroxylation is 2. The molecule has 0 radical (unpaired) electrons. The molecular formula is C28H32N4O3S. The van der Waals surface area contributed by atoms with Crippen molar-refractivity contribution in [2.45, 2.75) is 47.2 Å². The van der Waals surface area contributed by atoms with E-state index in [-0.39, 0.29) is 11.5 Å². The highest BCUT2D eigenvalue weighted by Crippen LogP contribution is 2.28. The monoisotopic (exact) mass is 504 g/mol. The number of aromatic nitrogens is 2.